The van der Waals surface area contributed by atoms with Crippen LogP contribution in [0.4, 0.5) is 22.7 Å². The zero-order chi connectivity index (χ0) is 36.1. The summed E-state index contributed by atoms with van der Waals surface area (Å²) >= 11 is 0. The first-order valence-corrected chi connectivity index (χ1v) is 17.5. The quantitative estimate of drug-likeness (QED) is 0.173. The van der Waals surface area contributed by atoms with E-state index < -0.39 is 31.5 Å². The van der Waals surface area contributed by atoms with E-state index in [2.05, 4.69) is 29.9 Å². The Labute approximate surface area is 303 Å². The summed E-state index contributed by atoms with van der Waals surface area (Å²) in [5.41, 5.74) is 0.00562. The van der Waals surface area contributed by atoms with Crippen LogP contribution in [0.2, 0.25) is 0 Å². The Morgan fingerprint density at radius 1 is 0.529 bits per heavy atom. The molecule has 17 heteroatoms. The van der Waals surface area contributed by atoms with Crippen molar-refractivity contribution in [1.82, 2.24) is 9.44 Å². The molecule has 0 amide bonds. The maximum Gasteiger partial charge on any atom is 3.00 e. The minimum Gasteiger partial charge on any atom is -0.871 e. The van der Waals surface area contributed by atoms with Crippen molar-refractivity contribution in [3.63, 3.8) is 0 Å². The fourth-order valence-corrected chi connectivity index (χ4v) is 6.11. The van der Waals surface area contributed by atoms with Crippen molar-refractivity contribution in [1.29, 1.82) is 0 Å². The minimum atomic E-state index is -3.72. The standard InChI is InChI=1S/2C17H15N3O4S.Cr/c2*1-18-25(23,24)12-7-9-15(21)14(10-12)19-20-17-13-5-3-2-4-11(13)6-8-16(17)22;/h2*2-10,18,21-22H,1H3;/q;;+3/p-3. The van der Waals surface area contributed by atoms with Crippen molar-refractivity contribution in [2.75, 3.05) is 14.1 Å². The van der Waals surface area contributed by atoms with Crippen molar-refractivity contribution in [2.24, 2.45) is 20.5 Å². The number of rotatable bonds is 8. The van der Waals surface area contributed by atoms with Crippen LogP contribution in [0, 0.1) is 0 Å². The van der Waals surface area contributed by atoms with Gasteiger partial charge in [-0.1, -0.05) is 96.1 Å². The first-order chi connectivity index (χ1) is 23.8. The summed E-state index contributed by atoms with van der Waals surface area (Å²) in [6.45, 7) is 0. The minimum absolute atomic E-state index is 0. The van der Waals surface area contributed by atoms with E-state index in [1.165, 1.54) is 38.4 Å². The monoisotopic (exact) mass is 763 g/mol. The molecule has 6 rings (SSSR count). The van der Waals surface area contributed by atoms with Crippen molar-refractivity contribution in [2.45, 2.75) is 9.79 Å². The number of nitrogens with one attached hydrogen (secondary N) is 2. The van der Waals surface area contributed by atoms with Gasteiger partial charge in [0.15, 0.2) is 0 Å². The zero-order valence-corrected chi connectivity index (χ0v) is 29.6. The molecule has 0 aliphatic carbocycles. The van der Waals surface area contributed by atoms with Crippen molar-refractivity contribution in [3.8, 4) is 23.0 Å². The zero-order valence-electron chi connectivity index (χ0n) is 26.7. The van der Waals surface area contributed by atoms with Gasteiger partial charge in [-0.25, -0.2) is 26.3 Å². The number of aromatic hydroxyl groups is 1. The largest absolute Gasteiger partial charge is 3.00 e. The van der Waals surface area contributed by atoms with E-state index in [0.29, 0.717) is 10.8 Å². The van der Waals surface area contributed by atoms with Crippen LogP contribution in [0.15, 0.2) is 139 Å². The molecule has 6 aromatic rings. The second kappa shape index (κ2) is 16.1. The molecule has 0 spiro atoms. The molecule has 0 saturated carbocycles. The number of nitrogens with zero attached hydrogens (tertiary/aromatic N) is 4. The van der Waals surface area contributed by atoms with Gasteiger partial charge in [0.1, 0.15) is 11.4 Å². The van der Waals surface area contributed by atoms with Gasteiger partial charge in [0.05, 0.1) is 26.9 Å². The number of phenols is 1. The van der Waals surface area contributed by atoms with Crippen LogP contribution < -0.4 is 24.8 Å². The Hall–Kier alpha value is -5.41. The molecule has 0 bridgehead atoms. The third kappa shape index (κ3) is 8.67. The predicted molar refractivity (Wildman–Crippen MR) is 182 cm³/mol. The fraction of sp³-hybridized carbons (Fsp3) is 0.0588. The first kappa shape index (κ1) is 38.4. The average molecular weight is 764 g/mol. The van der Waals surface area contributed by atoms with Crippen molar-refractivity contribution in [3.05, 3.63) is 109 Å². The molecule has 0 saturated heterocycles. The Kier molecular flexibility index (Phi) is 12.1. The normalized spacial score (nSPS) is 11.8. The summed E-state index contributed by atoms with van der Waals surface area (Å²) in [6, 6.07) is 27.5. The van der Waals surface area contributed by atoms with Crippen LogP contribution in [0.25, 0.3) is 21.5 Å². The molecule has 0 aliphatic heterocycles. The second-order valence-corrected chi connectivity index (χ2v) is 14.1. The molecule has 0 unspecified atom stereocenters. The number of sulfonamides is 2. The van der Waals surface area contributed by atoms with Crippen LogP contribution in [0.5, 0.6) is 23.0 Å². The number of phenolic OH excluding ortho intramolecular Hbond substituents is 1. The van der Waals surface area contributed by atoms with Gasteiger partial charge in [-0.15, -0.1) is 5.11 Å². The molecule has 259 valence electrons. The summed E-state index contributed by atoms with van der Waals surface area (Å²) < 4.78 is 51.7. The van der Waals surface area contributed by atoms with Gasteiger partial charge in [-0.2, -0.15) is 15.3 Å². The van der Waals surface area contributed by atoms with E-state index in [-0.39, 0.29) is 61.4 Å². The summed E-state index contributed by atoms with van der Waals surface area (Å²) in [5, 5.41) is 64.4. The second-order valence-electron chi connectivity index (χ2n) is 10.4. The van der Waals surface area contributed by atoms with E-state index in [1.54, 1.807) is 36.4 Å². The predicted octanol–water partition coefficient (Wildman–Crippen LogP) is 5.25. The smallest absolute Gasteiger partial charge is 0.871 e. The van der Waals surface area contributed by atoms with Crippen LogP contribution >= 0.6 is 0 Å². The topological polar surface area (TPSA) is 231 Å². The van der Waals surface area contributed by atoms with E-state index in [4.69, 9.17) is 0 Å². The van der Waals surface area contributed by atoms with Gasteiger partial charge in [0.2, 0.25) is 20.0 Å². The first-order valence-electron chi connectivity index (χ1n) is 14.6. The number of hydrogen-bond acceptors (Lipinski definition) is 12. The molecule has 0 heterocycles. The van der Waals surface area contributed by atoms with Crippen LogP contribution in [-0.4, -0.2) is 36.0 Å². The third-order valence-corrected chi connectivity index (χ3v) is 10.1. The Bertz CT molecular complexity index is 2340. The Balaban J connectivity index is 0.000000224. The Morgan fingerprint density at radius 3 is 1.43 bits per heavy atom. The summed E-state index contributed by atoms with van der Waals surface area (Å²) in [6.07, 6.45) is 0. The van der Waals surface area contributed by atoms with Crippen molar-refractivity contribution < 1.29 is 54.6 Å². The van der Waals surface area contributed by atoms with Gasteiger partial charge >= 0.3 is 17.4 Å². The summed E-state index contributed by atoms with van der Waals surface area (Å²) in [5.74, 6) is -1.40. The summed E-state index contributed by atoms with van der Waals surface area (Å²) in [4.78, 5) is -0.200. The van der Waals surface area contributed by atoms with Gasteiger partial charge in [-0.3, -0.25) is 0 Å². The maximum absolute atomic E-state index is 12.1. The molecular formula is C34H27CrN6O8S2. The molecule has 0 aromatic heterocycles. The maximum atomic E-state index is 12.1. The molecule has 6 aromatic carbocycles. The van der Waals surface area contributed by atoms with Gasteiger partial charge in [0, 0.05) is 10.8 Å². The number of benzene rings is 6. The third-order valence-electron chi connectivity index (χ3n) is 7.28. The van der Waals surface area contributed by atoms with Crippen LogP contribution in [-0.2, 0) is 37.4 Å². The SMILES string of the molecule is CNS(=O)(=O)c1ccc([O-])c(N=Nc2c(O)ccc3ccccc23)c1.CNS(=O)(=O)c1ccc([O-])c(N=Nc2c([O-])ccc3ccccc23)c1.[Cr+3]. The number of azo groups is 2. The molecule has 0 aliphatic rings. The molecule has 51 heavy (non-hydrogen) atoms. The van der Waals surface area contributed by atoms with Gasteiger partial charge in [0.25, 0.3) is 0 Å². The van der Waals surface area contributed by atoms with E-state index in [9.17, 15) is 37.3 Å². The molecule has 0 atom stereocenters. The molecule has 1 radical (unpaired) electrons. The van der Waals surface area contributed by atoms with Gasteiger partial charge in [-0.05, 0) is 55.2 Å². The molecule has 3 N–H and O–H groups in total. The summed E-state index contributed by atoms with van der Waals surface area (Å²) in [7, 11) is -4.88. The molecule has 14 nitrogen and oxygen atoms in total. The molecular weight excluding hydrogens is 737 g/mol. The molecule has 0 fully saturated rings. The average Bonchev–Trinajstić information content (AvgIpc) is 3.12. The fourth-order valence-electron chi connectivity index (χ4n) is 4.62. The van der Waals surface area contributed by atoms with Gasteiger partial charge < -0.3 is 20.4 Å². The number of hydrogen-bond donors (Lipinski definition) is 3. The van der Waals surface area contributed by atoms with Crippen LogP contribution in [0.3, 0.4) is 0 Å². The number of fused-ring (bicyclic) bond motifs is 2. The van der Waals surface area contributed by atoms with Crippen molar-refractivity contribution >= 4 is 64.3 Å². The van der Waals surface area contributed by atoms with E-state index >= 15 is 0 Å². The van der Waals surface area contributed by atoms with E-state index in [1.807, 2.05) is 24.3 Å². The van der Waals surface area contributed by atoms with Crippen LogP contribution in [0.1, 0.15) is 0 Å². The van der Waals surface area contributed by atoms with E-state index in [0.717, 1.165) is 35.0 Å². The Morgan fingerprint density at radius 2 is 0.941 bits per heavy atom.